The van der Waals surface area contributed by atoms with Crippen LogP contribution in [0.5, 0.6) is 0 Å². The van der Waals surface area contributed by atoms with Gasteiger partial charge in [0.15, 0.2) is 0 Å². The molecule has 0 aromatic carbocycles. The van der Waals surface area contributed by atoms with Gasteiger partial charge in [-0.1, -0.05) is 46.3 Å². The number of carbonyl (C=O) groups excluding carboxylic acids is 2. The maximum Gasteiger partial charge on any atom is 0.318 e. The molecular weight excluding hydrogens is 392 g/mol. The molecule has 3 saturated carbocycles. The van der Waals surface area contributed by atoms with Crippen LogP contribution in [0.2, 0.25) is 0 Å². The van der Waals surface area contributed by atoms with E-state index in [9.17, 15) is 19.5 Å². The van der Waals surface area contributed by atoms with E-state index < -0.39 is 11.4 Å². The van der Waals surface area contributed by atoms with Crippen LogP contribution in [0.3, 0.4) is 0 Å². The summed E-state index contributed by atoms with van der Waals surface area (Å²) in [6.07, 6.45) is 8.54. The Balaban J connectivity index is 0.00000231. The summed E-state index contributed by atoms with van der Waals surface area (Å²) >= 11 is 0. The van der Waals surface area contributed by atoms with Gasteiger partial charge in [0.2, 0.25) is 0 Å². The topological polar surface area (TPSA) is 80.7 Å². The number of carboxylic acid groups (broad SMARTS) is 1. The minimum absolute atomic E-state index is 0. The van der Waals surface area contributed by atoms with Crippen molar-refractivity contribution in [1.82, 2.24) is 0 Å². The first-order valence-corrected chi connectivity index (χ1v) is 11.7. The van der Waals surface area contributed by atoms with E-state index in [1.165, 1.54) is 5.57 Å². The first-order chi connectivity index (χ1) is 14.0. The summed E-state index contributed by atoms with van der Waals surface area (Å²) in [6, 6.07) is 0. The van der Waals surface area contributed by atoms with Crippen molar-refractivity contribution in [3.05, 3.63) is 11.6 Å². The second kappa shape index (κ2) is 6.92. The van der Waals surface area contributed by atoms with Gasteiger partial charge < -0.3 is 9.84 Å². The van der Waals surface area contributed by atoms with Crippen LogP contribution < -0.4 is 0 Å². The van der Waals surface area contributed by atoms with E-state index in [1.54, 1.807) is 0 Å². The average molecular weight is 431 g/mol. The number of cyclic esters (lactones) is 2. The normalized spacial score (nSPS) is 48.0. The fraction of sp³-hybridized carbons (Fsp3) is 0.808. The highest BCUT2D eigenvalue weighted by atomic mass is 16.6. The summed E-state index contributed by atoms with van der Waals surface area (Å²) in [5.74, 6) is -1.19. The van der Waals surface area contributed by atoms with Gasteiger partial charge in [-0.15, -0.1) is 0 Å². The average Bonchev–Trinajstić information content (AvgIpc) is 2.82. The Bertz CT molecular complexity index is 858. The van der Waals surface area contributed by atoms with Crippen LogP contribution in [0.4, 0.5) is 0 Å². The quantitative estimate of drug-likeness (QED) is 0.368. The van der Waals surface area contributed by atoms with Crippen LogP contribution >= 0.6 is 0 Å². The number of allylic oxidation sites excluding steroid dienone is 2. The molecule has 6 aliphatic rings. The summed E-state index contributed by atoms with van der Waals surface area (Å²) in [5.41, 5.74) is 0.437. The summed E-state index contributed by atoms with van der Waals surface area (Å²) < 4.78 is 5.13. The molecule has 4 fully saturated rings. The van der Waals surface area contributed by atoms with Gasteiger partial charge in [-0.05, 0) is 80.0 Å². The van der Waals surface area contributed by atoms with Crippen molar-refractivity contribution >= 4 is 17.9 Å². The SMILES string of the molecule is C.CC(C)C1=CC23CCC4C(C)(C(=O)O)CCCC4(C)C2CC1C1C(=O)OC(=O)C1C3. The zero-order valence-electron chi connectivity index (χ0n) is 18.6. The molecule has 172 valence electrons. The molecule has 5 aliphatic carbocycles. The van der Waals surface area contributed by atoms with E-state index in [1.807, 2.05) is 6.92 Å². The summed E-state index contributed by atoms with van der Waals surface area (Å²) in [4.78, 5) is 37.7. The molecule has 31 heavy (non-hydrogen) atoms. The highest BCUT2D eigenvalue weighted by Crippen LogP contribution is 2.71. The molecule has 1 spiro atoms. The van der Waals surface area contributed by atoms with E-state index in [0.29, 0.717) is 18.3 Å². The number of esters is 2. The fourth-order valence-corrected chi connectivity index (χ4v) is 8.85. The van der Waals surface area contributed by atoms with Crippen molar-refractivity contribution in [2.75, 3.05) is 0 Å². The van der Waals surface area contributed by atoms with Crippen LogP contribution in [0, 0.1) is 51.8 Å². The van der Waals surface area contributed by atoms with Gasteiger partial charge in [0.05, 0.1) is 17.3 Å². The predicted molar refractivity (Wildman–Crippen MR) is 117 cm³/mol. The third-order valence-electron chi connectivity index (χ3n) is 10.1. The van der Waals surface area contributed by atoms with Crippen LogP contribution in [0.1, 0.15) is 80.1 Å². The van der Waals surface area contributed by atoms with Crippen LogP contribution in [-0.4, -0.2) is 23.0 Å². The first kappa shape index (κ1) is 22.5. The smallest absolute Gasteiger partial charge is 0.318 e. The molecule has 5 heteroatoms. The van der Waals surface area contributed by atoms with E-state index in [0.717, 1.165) is 38.5 Å². The molecule has 0 amide bonds. The number of carbonyl (C=O) groups is 3. The van der Waals surface area contributed by atoms with Crippen LogP contribution in [0.15, 0.2) is 11.6 Å². The zero-order chi connectivity index (χ0) is 21.6. The second-order valence-electron chi connectivity index (χ2n) is 11.7. The number of carboxylic acids is 1. The van der Waals surface area contributed by atoms with Crippen molar-refractivity contribution in [2.45, 2.75) is 80.1 Å². The van der Waals surface area contributed by atoms with Crippen LogP contribution in [-0.2, 0) is 19.1 Å². The van der Waals surface area contributed by atoms with Crippen molar-refractivity contribution in [2.24, 2.45) is 51.8 Å². The molecule has 5 nitrogen and oxygen atoms in total. The molecule has 0 radical (unpaired) electrons. The Morgan fingerprint density at radius 2 is 1.81 bits per heavy atom. The van der Waals surface area contributed by atoms with Gasteiger partial charge in [-0.2, -0.15) is 0 Å². The molecule has 0 aromatic rings. The fourth-order valence-electron chi connectivity index (χ4n) is 8.85. The Morgan fingerprint density at radius 3 is 2.45 bits per heavy atom. The minimum atomic E-state index is -0.685. The summed E-state index contributed by atoms with van der Waals surface area (Å²) in [6.45, 7) is 8.65. The largest absolute Gasteiger partial charge is 0.481 e. The molecule has 1 heterocycles. The van der Waals surface area contributed by atoms with Gasteiger partial charge in [0.25, 0.3) is 0 Å². The lowest BCUT2D eigenvalue weighted by Crippen LogP contribution is -2.58. The number of hydrogen-bond donors (Lipinski definition) is 1. The first-order valence-electron chi connectivity index (χ1n) is 11.7. The maximum absolute atomic E-state index is 12.7. The van der Waals surface area contributed by atoms with Gasteiger partial charge in [-0.25, -0.2) is 0 Å². The van der Waals surface area contributed by atoms with E-state index >= 15 is 0 Å². The molecule has 8 atom stereocenters. The molecule has 1 aliphatic heterocycles. The monoisotopic (exact) mass is 430 g/mol. The lowest BCUT2D eigenvalue weighted by Gasteiger charge is -2.63. The highest BCUT2D eigenvalue weighted by molar-refractivity contribution is 5.97. The highest BCUT2D eigenvalue weighted by Gasteiger charge is 2.67. The Labute approximate surface area is 186 Å². The van der Waals surface area contributed by atoms with Crippen molar-refractivity contribution in [3.63, 3.8) is 0 Å². The predicted octanol–water partition coefficient (Wildman–Crippen LogP) is 5.24. The number of ether oxygens (including phenoxy) is 1. The molecule has 1 saturated heterocycles. The van der Waals surface area contributed by atoms with E-state index in [2.05, 4.69) is 26.8 Å². The van der Waals surface area contributed by atoms with Gasteiger partial charge >= 0.3 is 17.9 Å². The number of aliphatic carboxylic acids is 1. The van der Waals surface area contributed by atoms with Crippen molar-refractivity contribution in [1.29, 1.82) is 0 Å². The molecule has 6 rings (SSSR count). The number of hydrogen-bond acceptors (Lipinski definition) is 4. The lowest BCUT2D eigenvalue weighted by molar-refractivity contribution is -0.177. The summed E-state index contributed by atoms with van der Waals surface area (Å²) in [7, 11) is 0. The van der Waals surface area contributed by atoms with E-state index in [4.69, 9.17) is 4.74 Å². The molecule has 2 bridgehead atoms. The standard InChI is InChI=1S/C25H34O5.CH4/c1-13(2)15-11-25-9-6-17-23(3,7-5-8-24(17,4)22(28)29)18(25)10-14(15)19-16(12-25)20(26)30-21(19)27;/h11,13-14,16-19H,5-10,12H2,1-4H3,(H,28,29);1H4. The molecular formula is C26H38O5. The Kier molecular flexibility index (Phi) is 5.03. The summed E-state index contributed by atoms with van der Waals surface area (Å²) in [5, 5.41) is 10.1. The third kappa shape index (κ3) is 2.77. The lowest BCUT2D eigenvalue weighted by atomic mass is 9.40. The number of fused-ring (bicyclic) bond motifs is 1. The molecule has 8 unspecified atom stereocenters. The minimum Gasteiger partial charge on any atom is -0.481 e. The second-order valence-corrected chi connectivity index (χ2v) is 11.7. The Hall–Kier alpha value is -1.65. The number of rotatable bonds is 2. The van der Waals surface area contributed by atoms with Gasteiger partial charge in [0, 0.05) is 0 Å². The van der Waals surface area contributed by atoms with Crippen LogP contribution in [0.25, 0.3) is 0 Å². The molecule has 1 N–H and O–H groups in total. The van der Waals surface area contributed by atoms with Gasteiger partial charge in [-0.3, -0.25) is 14.4 Å². The van der Waals surface area contributed by atoms with Crippen molar-refractivity contribution < 1.29 is 24.2 Å². The van der Waals surface area contributed by atoms with Gasteiger partial charge in [0.1, 0.15) is 0 Å². The van der Waals surface area contributed by atoms with E-state index in [-0.39, 0.29) is 53.9 Å². The zero-order valence-corrected chi connectivity index (χ0v) is 18.6. The van der Waals surface area contributed by atoms with Crippen molar-refractivity contribution in [3.8, 4) is 0 Å². The third-order valence-corrected chi connectivity index (χ3v) is 10.1. The molecule has 0 aromatic heterocycles. The maximum atomic E-state index is 12.7. The Morgan fingerprint density at radius 1 is 1.10 bits per heavy atom.